The number of halogens is 1. The summed E-state index contributed by atoms with van der Waals surface area (Å²) in [5.41, 5.74) is 1.41. The SMILES string of the molecule is O=C(O)CCC(NC(=O)c1cc2cc(Cl)ccc2o1)c1ccccc1. The topological polar surface area (TPSA) is 79.5 Å². The van der Waals surface area contributed by atoms with E-state index in [1.165, 1.54) is 0 Å². The van der Waals surface area contributed by atoms with Crippen LogP contribution in [0.1, 0.15) is 35.0 Å². The molecule has 0 aliphatic carbocycles. The summed E-state index contributed by atoms with van der Waals surface area (Å²) >= 11 is 5.94. The fourth-order valence-electron chi connectivity index (χ4n) is 2.63. The molecule has 5 nitrogen and oxygen atoms in total. The predicted octanol–water partition coefficient (Wildman–Crippen LogP) is 4.42. The fourth-order valence-corrected chi connectivity index (χ4v) is 2.81. The number of carboxylic acid groups (broad SMARTS) is 1. The maximum absolute atomic E-state index is 12.5. The number of rotatable bonds is 6. The quantitative estimate of drug-likeness (QED) is 0.684. The van der Waals surface area contributed by atoms with Crippen LogP contribution in [0.3, 0.4) is 0 Å². The summed E-state index contributed by atoms with van der Waals surface area (Å²) in [6, 6.07) is 15.6. The van der Waals surface area contributed by atoms with Crippen LogP contribution < -0.4 is 5.32 Å². The van der Waals surface area contributed by atoms with Gasteiger partial charge in [0.25, 0.3) is 5.91 Å². The molecule has 0 fully saturated rings. The zero-order chi connectivity index (χ0) is 17.8. The molecule has 1 atom stereocenters. The predicted molar refractivity (Wildman–Crippen MR) is 94.7 cm³/mol. The number of aliphatic carboxylic acids is 1. The number of hydrogen-bond acceptors (Lipinski definition) is 3. The highest BCUT2D eigenvalue weighted by Crippen LogP contribution is 2.24. The molecule has 0 saturated heterocycles. The smallest absolute Gasteiger partial charge is 0.303 e. The van der Waals surface area contributed by atoms with E-state index < -0.39 is 17.9 Å². The lowest BCUT2D eigenvalue weighted by Crippen LogP contribution is -2.28. The van der Waals surface area contributed by atoms with Crippen molar-refractivity contribution in [2.75, 3.05) is 0 Å². The molecule has 6 heteroatoms. The number of amides is 1. The summed E-state index contributed by atoms with van der Waals surface area (Å²) in [5.74, 6) is -1.14. The Balaban J connectivity index is 1.81. The number of carboxylic acids is 1. The molecule has 0 bridgehead atoms. The molecule has 25 heavy (non-hydrogen) atoms. The summed E-state index contributed by atoms with van der Waals surface area (Å²) in [7, 11) is 0. The van der Waals surface area contributed by atoms with E-state index in [-0.39, 0.29) is 18.6 Å². The van der Waals surface area contributed by atoms with Gasteiger partial charge in [0, 0.05) is 16.8 Å². The van der Waals surface area contributed by atoms with Crippen LogP contribution in [-0.2, 0) is 4.79 Å². The molecule has 1 amide bonds. The lowest BCUT2D eigenvalue weighted by Gasteiger charge is -2.17. The van der Waals surface area contributed by atoms with E-state index in [0.717, 1.165) is 10.9 Å². The summed E-state index contributed by atoms with van der Waals surface area (Å²) < 4.78 is 5.56. The average Bonchev–Trinajstić information content (AvgIpc) is 3.02. The first-order chi connectivity index (χ1) is 12.0. The molecule has 0 saturated carbocycles. The number of fused-ring (bicyclic) bond motifs is 1. The van der Waals surface area contributed by atoms with Gasteiger partial charge in [0.2, 0.25) is 0 Å². The molecule has 0 spiro atoms. The number of furan rings is 1. The lowest BCUT2D eigenvalue weighted by atomic mass is 10.0. The van der Waals surface area contributed by atoms with Crippen molar-refractivity contribution in [2.45, 2.75) is 18.9 Å². The maximum atomic E-state index is 12.5. The van der Waals surface area contributed by atoms with Gasteiger partial charge in [0.05, 0.1) is 6.04 Å². The van der Waals surface area contributed by atoms with Crippen LogP contribution in [0, 0.1) is 0 Å². The van der Waals surface area contributed by atoms with Gasteiger partial charge in [0.1, 0.15) is 5.58 Å². The highest BCUT2D eigenvalue weighted by Gasteiger charge is 2.19. The van der Waals surface area contributed by atoms with Gasteiger partial charge in [-0.2, -0.15) is 0 Å². The zero-order valence-corrected chi connectivity index (χ0v) is 14.0. The first-order valence-electron chi connectivity index (χ1n) is 7.79. The van der Waals surface area contributed by atoms with Gasteiger partial charge >= 0.3 is 5.97 Å². The molecule has 3 aromatic rings. The second kappa shape index (κ2) is 7.40. The summed E-state index contributed by atoms with van der Waals surface area (Å²) in [5, 5.41) is 13.1. The van der Waals surface area contributed by atoms with Crippen molar-refractivity contribution in [3.63, 3.8) is 0 Å². The Labute approximate surface area is 149 Å². The standard InChI is InChI=1S/C19H16ClNO4/c20-14-6-8-16-13(10-14)11-17(25-16)19(24)21-15(7-9-18(22)23)12-4-2-1-3-5-12/h1-6,8,10-11,15H,7,9H2,(H,21,24)(H,22,23). The van der Waals surface area contributed by atoms with Crippen LogP contribution >= 0.6 is 11.6 Å². The second-order valence-electron chi connectivity index (χ2n) is 5.66. The third-order valence-corrected chi connectivity index (χ3v) is 4.09. The van der Waals surface area contributed by atoms with E-state index in [2.05, 4.69) is 5.32 Å². The van der Waals surface area contributed by atoms with Crippen LogP contribution in [0.5, 0.6) is 0 Å². The van der Waals surface area contributed by atoms with E-state index in [1.54, 1.807) is 24.3 Å². The van der Waals surface area contributed by atoms with E-state index in [4.69, 9.17) is 21.1 Å². The summed E-state index contributed by atoms with van der Waals surface area (Å²) in [6.07, 6.45) is 0.243. The maximum Gasteiger partial charge on any atom is 0.303 e. The number of nitrogens with one attached hydrogen (secondary N) is 1. The van der Waals surface area contributed by atoms with Crippen molar-refractivity contribution in [2.24, 2.45) is 0 Å². The highest BCUT2D eigenvalue weighted by molar-refractivity contribution is 6.31. The first-order valence-corrected chi connectivity index (χ1v) is 8.17. The minimum atomic E-state index is -0.909. The van der Waals surface area contributed by atoms with E-state index in [0.29, 0.717) is 10.6 Å². The van der Waals surface area contributed by atoms with Gasteiger partial charge in [0.15, 0.2) is 5.76 Å². The summed E-state index contributed by atoms with van der Waals surface area (Å²) in [4.78, 5) is 23.4. The second-order valence-corrected chi connectivity index (χ2v) is 6.10. The van der Waals surface area contributed by atoms with Gasteiger partial charge in [-0.15, -0.1) is 0 Å². The van der Waals surface area contributed by atoms with E-state index in [9.17, 15) is 9.59 Å². The van der Waals surface area contributed by atoms with Crippen molar-refractivity contribution >= 4 is 34.4 Å². The van der Waals surface area contributed by atoms with Crippen LogP contribution in [0.4, 0.5) is 0 Å². The normalized spacial score (nSPS) is 12.0. The van der Waals surface area contributed by atoms with E-state index >= 15 is 0 Å². The van der Waals surface area contributed by atoms with Crippen LogP contribution in [0.15, 0.2) is 59.0 Å². The molecule has 2 N–H and O–H groups in total. The molecule has 0 aliphatic rings. The molecule has 0 radical (unpaired) electrons. The van der Waals surface area contributed by atoms with Crippen molar-refractivity contribution in [3.8, 4) is 0 Å². The molecule has 1 aromatic heterocycles. The highest BCUT2D eigenvalue weighted by atomic mass is 35.5. The number of hydrogen-bond donors (Lipinski definition) is 2. The van der Waals surface area contributed by atoms with Gasteiger partial charge in [-0.1, -0.05) is 41.9 Å². The lowest BCUT2D eigenvalue weighted by molar-refractivity contribution is -0.137. The van der Waals surface area contributed by atoms with Crippen molar-refractivity contribution in [3.05, 3.63) is 70.9 Å². The van der Waals surface area contributed by atoms with Crippen LogP contribution in [0.2, 0.25) is 5.02 Å². The Morgan fingerprint density at radius 2 is 1.88 bits per heavy atom. The molecule has 2 aromatic carbocycles. The molecular formula is C19H16ClNO4. The van der Waals surface area contributed by atoms with Crippen molar-refractivity contribution in [1.29, 1.82) is 0 Å². The molecular weight excluding hydrogens is 342 g/mol. The Bertz CT molecular complexity index is 904. The van der Waals surface area contributed by atoms with Gasteiger partial charge in [-0.25, -0.2) is 0 Å². The van der Waals surface area contributed by atoms with Gasteiger partial charge in [-0.3, -0.25) is 9.59 Å². The number of carbonyl (C=O) groups is 2. The molecule has 3 rings (SSSR count). The third kappa shape index (κ3) is 4.19. The molecule has 1 unspecified atom stereocenters. The molecule has 1 heterocycles. The summed E-state index contributed by atoms with van der Waals surface area (Å²) in [6.45, 7) is 0. The van der Waals surface area contributed by atoms with Gasteiger partial charge < -0.3 is 14.8 Å². The zero-order valence-electron chi connectivity index (χ0n) is 13.2. The van der Waals surface area contributed by atoms with Gasteiger partial charge in [-0.05, 0) is 36.2 Å². The first kappa shape index (κ1) is 17.0. The molecule has 128 valence electrons. The largest absolute Gasteiger partial charge is 0.481 e. The van der Waals surface area contributed by atoms with Crippen molar-refractivity contribution in [1.82, 2.24) is 5.32 Å². The number of carbonyl (C=O) groups excluding carboxylic acids is 1. The molecule has 0 aliphatic heterocycles. The Morgan fingerprint density at radius 3 is 2.60 bits per heavy atom. The minimum absolute atomic E-state index is 0.0461. The van der Waals surface area contributed by atoms with Crippen molar-refractivity contribution < 1.29 is 19.1 Å². The average molecular weight is 358 g/mol. The monoisotopic (exact) mass is 357 g/mol. The minimum Gasteiger partial charge on any atom is -0.481 e. The van der Waals surface area contributed by atoms with Crippen LogP contribution in [0.25, 0.3) is 11.0 Å². The Kier molecular flexibility index (Phi) is 5.05. The van der Waals surface area contributed by atoms with Crippen LogP contribution in [-0.4, -0.2) is 17.0 Å². The Morgan fingerprint density at radius 1 is 1.12 bits per heavy atom. The fraction of sp³-hybridized carbons (Fsp3) is 0.158. The third-order valence-electron chi connectivity index (χ3n) is 3.86. The van der Waals surface area contributed by atoms with E-state index in [1.807, 2.05) is 30.3 Å². The number of benzene rings is 2. The Hall–Kier alpha value is -2.79.